The normalized spacial score (nSPS) is 27.9. The van der Waals surface area contributed by atoms with Crippen LogP contribution in [0.5, 0.6) is 0 Å². The van der Waals surface area contributed by atoms with Gasteiger partial charge in [0.1, 0.15) is 0 Å². The fourth-order valence-corrected chi connectivity index (χ4v) is 4.27. The van der Waals surface area contributed by atoms with Gasteiger partial charge in [-0.1, -0.05) is 60.7 Å². The predicted octanol–water partition coefficient (Wildman–Crippen LogP) is 4.23. The molecule has 0 bridgehead atoms. The first-order valence-corrected chi connectivity index (χ1v) is 11.5. The first kappa shape index (κ1) is 23.0. The Kier molecular flexibility index (Phi) is 8.88. The van der Waals surface area contributed by atoms with Crippen LogP contribution in [0.1, 0.15) is 41.7 Å². The summed E-state index contributed by atoms with van der Waals surface area (Å²) in [4.78, 5) is 5.10. The molecule has 4 heteroatoms. The summed E-state index contributed by atoms with van der Waals surface area (Å²) in [5.41, 5.74) is 2.83. The van der Waals surface area contributed by atoms with E-state index in [1.54, 1.807) is 0 Å². The molecule has 2 N–H and O–H groups in total. The maximum atomic E-state index is 3.51. The molecule has 0 saturated carbocycles. The second-order valence-corrected chi connectivity index (χ2v) is 9.15. The van der Waals surface area contributed by atoms with E-state index in [0.717, 1.165) is 39.3 Å². The van der Waals surface area contributed by atoms with E-state index in [2.05, 4.69) is 109 Å². The minimum atomic E-state index is 0. The summed E-state index contributed by atoms with van der Waals surface area (Å²) >= 11 is 0. The average molecular weight is 413 g/mol. The highest BCUT2D eigenvalue weighted by molar-refractivity contribution is 5.15. The van der Waals surface area contributed by atoms with Gasteiger partial charge in [-0.3, -0.25) is 9.80 Å². The maximum absolute atomic E-state index is 3.51. The van der Waals surface area contributed by atoms with Crippen molar-refractivity contribution >= 4 is 0 Å². The Morgan fingerprint density at radius 1 is 0.667 bits per heavy atom. The largest absolute Gasteiger partial charge is 0.311 e. The number of piperazine rings is 2. The maximum Gasteiger partial charge on any atom is 0.0237 e. The summed E-state index contributed by atoms with van der Waals surface area (Å²) in [5.74, 6) is 0. The highest BCUT2D eigenvalue weighted by atomic mass is 15.2. The van der Waals surface area contributed by atoms with Gasteiger partial charge in [-0.15, -0.1) is 0 Å². The summed E-state index contributed by atoms with van der Waals surface area (Å²) in [6.45, 7) is 15.8. The van der Waals surface area contributed by atoms with Crippen molar-refractivity contribution in [2.24, 2.45) is 0 Å². The summed E-state index contributed by atoms with van der Waals surface area (Å²) in [5, 5.41) is 7.01. The Hall–Kier alpha value is -1.72. The first-order chi connectivity index (χ1) is 14.5. The first-order valence-electron chi connectivity index (χ1n) is 11.5. The zero-order valence-electron chi connectivity index (χ0n) is 19.2. The van der Waals surface area contributed by atoms with Crippen molar-refractivity contribution in [3.8, 4) is 0 Å². The Bertz CT molecular complexity index is 668. The molecule has 0 spiro atoms. The molecule has 168 valence electrons. The minimum absolute atomic E-state index is 0. The molecule has 2 aliphatic rings. The molecule has 2 aromatic rings. The monoisotopic (exact) mass is 412 g/mol. The zero-order valence-corrected chi connectivity index (χ0v) is 19.2. The van der Waals surface area contributed by atoms with Gasteiger partial charge in [-0.2, -0.15) is 0 Å². The van der Waals surface area contributed by atoms with Crippen molar-refractivity contribution in [2.45, 2.75) is 65.0 Å². The van der Waals surface area contributed by atoms with Gasteiger partial charge < -0.3 is 10.6 Å². The van der Waals surface area contributed by atoms with Crippen LogP contribution in [0, 0.1) is 0 Å². The molecule has 4 nitrogen and oxygen atoms in total. The van der Waals surface area contributed by atoms with Crippen molar-refractivity contribution in [3.05, 3.63) is 71.8 Å². The average Bonchev–Trinajstić information content (AvgIpc) is 2.75. The van der Waals surface area contributed by atoms with Crippen molar-refractivity contribution in [2.75, 3.05) is 26.2 Å². The SMILES string of the molecule is C[C@@H]1CN(Cc2ccccc2)[C@@H](C)CN1.C[C@@H]1CN(Cc2ccccc2)[C@@H](C)CN1.[HH].[HH]. The molecule has 4 rings (SSSR count). The fraction of sp³-hybridized carbons (Fsp3) is 0.538. The Morgan fingerprint density at radius 2 is 1.03 bits per heavy atom. The molecule has 4 atom stereocenters. The topological polar surface area (TPSA) is 30.5 Å². The second kappa shape index (κ2) is 11.6. The molecular formula is C26H44N4. The molecule has 30 heavy (non-hydrogen) atoms. The van der Waals surface area contributed by atoms with Crippen LogP contribution in [0.15, 0.2) is 60.7 Å². The number of rotatable bonds is 4. The van der Waals surface area contributed by atoms with Crippen molar-refractivity contribution < 1.29 is 2.85 Å². The lowest BCUT2D eigenvalue weighted by molar-refractivity contribution is 0.139. The zero-order chi connectivity index (χ0) is 21.3. The number of hydrogen-bond acceptors (Lipinski definition) is 4. The number of benzene rings is 2. The van der Waals surface area contributed by atoms with E-state index in [4.69, 9.17) is 0 Å². The van der Waals surface area contributed by atoms with Gasteiger partial charge in [0, 0.05) is 66.3 Å². The lowest BCUT2D eigenvalue weighted by atomic mass is 10.1. The Labute approximate surface area is 186 Å². The summed E-state index contributed by atoms with van der Waals surface area (Å²) in [6, 6.07) is 24.0. The number of nitrogens with one attached hydrogen (secondary N) is 2. The molecule has 2 heterocycles. The van der Waals surface area contributed by atoms with Crippen LogP contribution in [0.3, 0.4) is 0 Å². The van der Waals surface area contributed by atoms with E-state index in [0.29, 0.717) is 24.2 Å². The van der Waals surface area contributed by atoms with Crippen LogP contribution in [-0.4, -0.2) is 60.1 Å². The second-order valence-electron chi connectivity index (χ2n) is 9.15. The van der Waals surface area contributed by atoms with Crippen molar-refractivity contribution in [3.63, 3.8) is 0 Å². The Morgan fingerprint density at radius 3 is 1.40 bits per heavy atom. The summed E-state index contributed by atoms with van der Waals surface area (Å²) in [7, 11) is 0. The predicted molar refractivity (Wildman–Crippen MR) is 132 cm³/mol. The standard InChI is InChI=1S/2C13H20N2.2H2/c2*1-11-9-15(12(2)8-14-11)10-13-6-4-3-5-7-13;;/h2*3-7,11-12,14H,8-10H2,1-2H3;2*1H/t2*11-,12+;;/m11../s1. The van der Waals surface area contributed by atoms with E-state index in [1.807, 2.05) is 0 Å². The van der Waals surface area contributed by atoms with E-state index in [1.165, 1.54) is 11.1 Å². The van der Waals surface area contributed by atoms with Gasteiger partial charge in [0.2, 0.25) is 0 Å². The molecule has 2 fully saturated rings. The number of hydrogen-bond donors (Lipinski definition) is 2. The van der Waals surface area contributed by atoms with Crippen LogP contribution < -0.4 is 10.6 Å². The Balaban J connectivity index is 0.000000301. The molecule has 0 aliphatic carbocycles. The molecular weight excluding hydrogens is 368 g/mol. The van der Waals surface area contributed by atoms with Gasteiger partial charge in [0.25, 0.3) is 0 Å². The lowest BCUT2D eigenvalue weighted by Gasteiger charge is -2.37. The minimum Gasteiger partial charge on any atom is -0.311 e. The quantitative estimate of drug-likeness (QED) is 0.787. The van der Waals surface area contributed by atoms with Gasteiger partial charge in [0.05, 0.1) is 0 Å². The molecule has 0 radical (unpaired) electrons. The third-order valence-corrected chi connectivity index (χ3v) is 6.24. The van der Waals surface area contributed by atoms with Gasteiger partial charge in [-0.25, -0.2) is 0 Å². The van der Waals surface area contributed by atoms with Gasteiger partial charge >= 0.3 is 0 Å². The van der Waals surface area contributed by atoms with Gasteiger partial charge in [-0.05, 0) is 38.8 Å². The van der Waals surface area contributed by atoms with E-state index >= 15 is 0 Å². The highest BCUT2D eigenvalue weighted by Crippen LogP contribution is 2.13. The summed E-state index contributed by atoms with van der Waals surface area (Å²) in [6.07, 6.45) is 0. The smallest absolute Gasteiger partial charge is 0.0237 e. The fourth-order valence-electron chi connectivity index (χ4n) is 4.27. The third-order valence-electron chi connectivity index (χ3n) is 6.24. The molecule has 2 aromatic carbocycles. The van der Waals surface area contributed by atoms with Crippen LogP contribution in [0.25, 0.3) is 0 Å². The number of nitrogens with zero attached hydrogens (tertiary/aromatic N) is 2. The third kappa shape index (κ3) is 7.21. The van der Waals surface area contributed by atoms with Gasteiger partial charge in [0.15, 0.2) is 0 Å². The molecule has 0 aromatic heterocycles. The van der Waals surface area contributed by atoms with Crippen molar-refractivity contribution in [1.29, 1.82) is 0 Å². The van der Waals surface area contributed by atoms with E-state index in [9.17, 15) is 0 Å². The summed E-state index contributed by atoms with van der Waals surface area (Å²) < 4.78 is 0. The van der Waals surface area contributed by atoms with E-state index in [-0.39, 0.29) is 2.85 Å². The van der Waals surface area contributed by atoms with Crippen LogP contribution in [0.2, 0.25) is 0 Å². The van der Waals surface area contributed by atoms with E-state index < -0.39 is 0 Å². The molecule has 0 unspecified atom stereocenters. The highest BCUT2D eigenvalue weighted by Gasteiger charge is 2.22. The van der Waals surface area contributed by atoms with Crippen LogP contribution in [0.4, 0.5) is 0 Å². The molecule has 2 saturated heterocycles. The van der Waals surface area contributed by atoms with Crippen molar-refractivity contribution in [1.82, 2.24) is 20.4 Å². The molecule has 0 amide bonds. The lowest BCUT2D eigenvalue weighted by Crippen LogP contribution is -2.53. The van der Waals surface area contributed by atoms with Crippen LogP contribution >= 0.6 is 0 Å². The molecule has 2 aliphatic heterocycles. The van der Waals surface area contributed by atoms with Crippen LogP contribution in [-0.2, 0) is 13.1 Å².